The predicted octanol–water partition coefficient (Wildman–Crippen LogP) is 4.86. The molecule has 0 bridgehead atoms. The lowest BCUT2D eigenvalue weighted by Gasteiger charge is -2.29. The number of aliphatic hydroxyl groups excluding tert-OH is 1. The topological polar surface area (TPSA) is 150 Å². The smallest absolute Gasteiger partial charge is 0.405 e. The molecule has 5 atom stereocenters. The molecule has 5 N–H and O–H groups in total. The van der Waals surface area contributed by atoms with Crippen LogP contribution in [0.5, 0.6) is 11.5 Å². The van der Waals surface area contributed by atoms with Crippen molar-refractivity contribution < 1.29 is 43.1 Å². The third-order valence-corrected chi connectivity index (χ3v) is 6.87. The Labute approximate surface area is 242 Å². The monoisotopic (exact) mass is 582 g/mol. The number of allylic oxidation sites excluding steroid dienone is 1. The molecule has 0 saturated heterocycles. The number of halogens is 1. The molecular weight excluding hydrogens is 535 g/mol. The van der Waals surface area contributed by atoms with Gasteiger partial charge in [-0.05, 0) is 44.6 Å². The van der Waals surface area contributed by atoms with Gasteiger partial charge in [0, 0.05) is 37.3 Å². The number of ether oxygens (including phenoxy) is 4. The number of aliphatic hydroxyl groups is 1. The molecule has 0 spiro atoms. The van der Waals surface area contributed by atoms with Crippen molar-refractivity contribution in [2.45, 2.75) is 78.6 Å². The third kappa shape index (κ3) is 11.0. The molecule has 1 aromatic rings. The molecule has 0 aromatic heterocycles. The Balaban J connectivity index is 3.13. The van der Waals surface area contributed by atoms with E-state index in [1.54, 1.807) is 32.9 Å². The van der Waals surface area contributed by atoms with Gasteiger partial charge in [-0.3, -0.25) is 4.79 Å². The molecule has 0 saturated carbocycles. The van der Waals surface area contributed by atoms with Crippen molar-refractivity contribution in [1.82, 2.24) is 0 Å². The lowest BCUT2D eigenvalue weighted by atomic mass is 9.88. The number of amides is 2. The van der Waals surface area contributed by atoms with Crippen LogP contribution in [0.2, 0.25) is 0 Å². The predicted molar refractivity (Wildman–Crippen MR) is 155 cm³/mol. The van der Waals surface area contributed by atoms with Gasteiger partial charge in [-0.25, -0.2) is 9.18 Å². The van der Waals surface area contributed by atoms with Crippen molar-refractivity contribution >= 4 is 17.7 Å². The first-order chi connectivity index (χ1) is 19.3. The number of carbonyl (C=O) groups is 2. The van der Waals surface area contributed by atoms with E-state index < -0.39 is 42.0 Å². The number of hydrogen-bond donors (Lipinski definition) is 4. The summed E-state index contributed by atoms with van der Waals surface area (Å²) < 4.78 is 36.0. The van der Waals surface area contributed by atoms with Gasteiger partial charge in [0.25, 0.3) is 5.91 Å². The van der Waals surface area contributed by atoms with Gasteiger partial charge >= 0.3 is 6.09 Å². The van der Waals surface area contributed by atoms with E-state index in [9.17, 15) is 24.2 Å². The maximum absolute atomic E-state index is 15.0. The molecule has 0 unspecified atom stereocenters. The summed E-state index contributed by atoms with van der Waals surface area (Å²) in [5.41, 5.74) is 6.42. The van der Waals surface area contributed by atoms with Gasteiger partial charge in [0.1, 0.15) is 11.9 Å². The molecular formula is C30H47FN2O8. The Morgan fingerprint density at radius 3 is 2.39 bits per heavy atom. The minimum Gasteiger partial charge on any atom is -0.505 e. The Morgan fingerprint density at radius 1 is 1.20 bits per heavy atom. The Morgan fingerprint density at radius 2 is 1.85 bits per heavy atom. The molecule has 0 aliphatic carbocycles. The van der Waals surface area contributed by atoms with Crippen LogP contribution in [-0.4, -0.2) is 68.5 Å². The molecule has 11 heteroatoms. The lowest BCUT2D eigenvalue weighted by molar-refractivity contribution is -0.112. The summed E-state index contributed by atoms with van der Waals surface area (Å²) in [7, 11) is 4.26. The van der Waals surface area contributed by atoms with E-state index in [1.165, 1.54) is 21.3 Å². The minimum absolute atomic E-state index is 0.0545. The van der Waals surface area contributed by atoms with Crippen molar-refractivity contribution in [3.63, 3.8) is 0 Å². The van der Waals surface area contributed by atoms with E-state index in [0.717, 1.165) is 18.9 Å². The van der Waals surface area contributed by atoms with Gasteiger partial charge in [0.15, 0.2) is 11.6 Å². The number of carbonyl (C=O) groups excluding carboxylic acids is 2. The second-order valence-electron chi connectivity index (χ2n) is 10.4. The van der Waals surface area contributed by atoms with Crippen LogP contribution in [0, 0.1) is 17.7 Å². The standard InChI is InChI=1S/C30H47FN2O8/c1-9-10-11-18(3)29(36)33-23-15-22(31)28(40-8)21(27(23)35)12-17(2)13-24(39-7)26(34)20(5)14-19(4)25(16-38-6)41-30(32)37/h11,14-15,17,20,24-26,34-35H,9-10,12-13,16H2,1-8H3,(H2,32,37)(H,33,36)/b18-11+,19-14+/t17-,20+,24+,25-,26-/m1/s1. The van der Waals surface area contributed by atoms with Crippen molar-refractivity contribution in [2.75, 3.05) is 33.3 Å². The van der Waals surface area contributed by atoms with Crippen molar-refractivity contribution in [1.29, 1.82) is 0 Å². The number of hydrogen-bond acceptors (Lipinski definition) is 8. The molecule has 10 nitrogen and oxygen atoms in total. The van der Waals surface area contributed by atoms with Crippen LogP contribution < -0.4 is 15.8 Å². The number of primary amides is 1. The Hall–Kier alpha value is -3.15. The van der Waals surface area contributed by atoms with Gasteiger partial charge in [0.05, 0.1) is 31.6 Å². The zero-order chi connectivity index (χ0) is 31.3. The molecule has 0 radical (unpaired) electrons. The number of rotatable bonds is 17. The third-order valence-electron chi connectivity index (χ3n) is 6.87. The van der Waals surface area contributed by atoms with Crippen LogP contribution in [0.15, 0.2) is 29.4 Å². The highest BCUT2D eigenvalue weighted by atomic mass is 19.1. The number of phenols is 1. The fourth-order valence-corrected chi connectivity index (χ4v) is 4.57. The van der Waals surface area contributed by atoms with E-state index in [0.29, 0.717) is 17.6 Å². The molecule has 0 heterocycles. The maximum atomic E-state index is 15.0. The first kappa shape index (κ1) is 35.9. The number of unbranched alkanes of at least 4 members (excludes halogenated alkanes) is 1. The fraction of sp³-hybridized carbons (Fsp3) is 0.600. The van der Waals surface area contributed by atoms with Gasteiger partial charge in [-0.2, -0.15) is 0 Å². The quantitative estimate of drug-likeness (QED) is 0.116. The molecule has 1 rings (SSSR count). The number of benzene rings is 1. The zero-order valence-electron chi connectivity index (χ0n) is 25.5. The van der Waals surface area contributed by atoms with Crippen LogP contribution in [0.25, 0.3) is 0 Å². The first-order valence-electron chi connectivity index (χ1n) is 13.7. The van der Waals surface area contributed by atoms with E-state index >= 15 is 0 Å². The van der Waals surface area contributed by atoms with Crippen molar-refractivity contribution in [2.24, 2.45) is 17.6 Å². The van der Waals surface area contributed by atoms with Gasteiger partial charge in [0.2, 0.25) is 0 Å². The van der Waals surface area contributed by atoms with E-state index in [-0.39, 0.29) is 41.7 Å². The Kier molecular flexibility index (Phi) is 15.4. The van der Waals surface area contributed by atoms with Crippen LogP contribution in [0.3, 0.4) is 0 Å². The van der Waals surface area contributed by atoms with Gasteiger partial charge < -0.3 is 40.2 Å². The largest absolute Gasteiger partial charge is 0.505 e. The molecule has 2 amide bonds. The number of nitrogens with one attached hydrogen (secondary N) is 1. The zero-order valence-corrected chi connectivity index (χ0v) is 25.5. The summed E-state index contributed by atoms with van der Waals surface area (Å²) in [6.07, 6.45) is 2.49. The van der Waals surface area contributed by atoms with E-state index in [1.807, 2.05) is 13.8 Å². The van der Waals surface area contributed by atoms with Crippen molar-refractivity contribution in [3.8, 4) is 11.5 Å². The summed E-state index contributed by atoms with van der Waals surface area (Å²) >= 11 is 0. The number of nitrogens with two attached hydrogens (primary N) is 1. The van der Waals surface area contributed by atoms with Crippen LogP contribution in [0.1, 0.15) is 59.4 Å². The number of anilines is 1. The average Bonchev–Trinajstić information content (AvgIpc) is 2.91. The summed E-state index contributed by atoms with van der Waals surface area (Å²) in [6.45, 7) is 9.17. The molecule has 1 aromatic carbocycles. The fourth-order valence-electron chi connectivity index (χ4n) is 4.57. The van der Waals surface area contributed by atoms with Crippen molar-refractivity contribution in [3.05, 3.63) is 40.7 Å². The van der Waals surface area contributed by atoms with E-state index in [2.05, 4.69) is 5.32 Å². The lowest BCUT2D eigenvalue weighted by Crippen LogP contribution is -2.35. The van der Waals surface area contributed by atoms with Crippen LogP contribution in [-0.2, 0) is 25.4 Å². The first-order valence-corrected chi connectivity index (χ1v) is 13.7. The second-order valence-corrected chi connectivity index (χ2v) is 10.4. The second kappa shape index (κ2) is 17.6. The highest BCUT2D eigenvalue weighted by Gasteiger charge is 2.28. The normalized spacial score (nSPS) is 16.0. The summed E-state index contributed by atoms with van der Waals surface area (Å²) in [6, 6.07) is 1.03. The van der Waals surface area contributed by atoms with Gasteiger partial charge in [-0.15, -0.1) is 0 Å². The number of phenolic OH excluding ortho intramolecular Hbond substituents is 1. The Bertz CT molecular complexity index is 1080. The van der Waals surface area contributed by atoms with Crippen LogP contribution in [0.4, 0.5) is 14.9 Å². The average molecular weight is 583 g/mol. The minimum atomic E-state index is -0.940. The SMILES string of the molecule is CCC/C=C(\C)C(=O)Nc1cc(F)c(OC)c(C[C@@H](C)C[C@H](OC)[C@H](O)[C@@H](C)/C=C(\C)[C@@H](COC)OC(N)=O)c1O. The molecule has 0 fully saturated rings. The van der Waals surface area contributed by atoms with Gasteiger partial charge in [-0.1, -0.05) is 39.3 Å². The molecule has 0 aliphatic rings. The molecule has 232 valence electrons. The van der Waals surface area contributed by atoms with Crippen LogP contribution >= 0.6 is 0 Å². The number of aromatic hydroxyl groups is 1. The highest BCUT2D eigenvalue weighted by Crippen LogP contribution is 2.40. The molecule has 0 aliphatic heterocycles. The summed E-state index contributed by atoms with van der Waals surface area (Å²) in [4.78, 5) is 23.8. The number of methoxy groups -OCH3 is 3. The molecule has 41 heavy (non-hydrogen) atoms. The highest BCUT2D eigenvalue weighted by molar-refractivity contribution is 6.04. The van der Waals surface area contributed by atoms with E-state index in [4.69, 9.17) is 24.7 Å². The summed E-state index contributed by atoms with van der Waals surface area (Å²) in [5, 5.41) is 24.7. The maximum Gasteiger partial charge on any atom is 0.405 e. The summed E-state index contributed by atoms with van der Waals surface area (Å²) in [5.74, 6) is -2.17.